The molecule has 4 nitrogen and oxygen atoms in total. The van der Waals surface area contributed by atoms with Gasteiger partial charge in [-0.05, 0) is 18.1 Å². The summed E-state index contributed by atoms with van der Waals surface area (Å²) in [4.78, 5) is 10.5. The molecule has 1 rings (SSSR count). The lowest BCUT2D eigenvalue weighted by molar-refractivity contribution is -0.138. The summed E-state index contributed by atoms with van der Waals surface area (Å²) in [6.07, 6.45) is 0.0406. The molecule has 0 heterocycles. The van der Waals surface area contributed by atoms with Crippen molar-refractivity contribution < 1.29 is 15.0 Å². The molecule has 15 heavy (non-hydrogen) atoms. The number of phenols is 1. The standard InChI is InChI=1S/C9H9Cl2NO3/c10-5-2-1-4(7(11)8(5)13)3-6(12)9(14)15/h1-2,6,13H,3,12H2,(H,14,15). The molecule has 0 radical (unpaired) electrons. The average Bonchev–Trinajstić information content (AvgIpc) is 2.18. The van der Waals surface area contributed by atoms with Gasteiger partial charge in [-0.2, -0.15) is 0 Å². The van der Waals surface area contributed by atoms with Gasteiger partial charge in [-0.1, -0.05) is 29.3 Å². The summed E-state index contributed by atoms with van der Waals surface area (Å²) in [5, 5.41) is 18.1. The molecule has 0 amide bonds. The van der Waals surface area contributed by atoms with Gasteiger partial charge in [0.05, 0.1) is 10.0 Å². The van der Waals surface area contributed by atoms with Gasteiger partial charge in [-0.25, -0.2) is 0 Å². The van der Waals surface area contributed by atoms with Crippen molar-refractivity contribution in [1.82, 2.24) is 0 Å². The largest absolute Gasteiger partial charge is 0.505 e. The van der Waals surface area contributed by atoms with E-state index >= 15 is 0 Å². The highest BCUT2D eigenvalue weighted by Gasteiger charge is 2.16. The zero-order chi connectivity index (χ0) is 11.6. The van der Waals surface area contributed by atoms with Gasteiger partial charge in [0, 0.05) is 0 Å². The third-order valence-corrected chi connectivity index (χ3v) is 2.63. The fourth-order valence-corrected chi connectivity index (χ4v) is 1.51. The maximum absolute atomic E-state index is 10.5. The van der Waals surface area contributed by atoms with E-state index in [1.54, 1.807) is 0 Å². The van der Waals surface area contributed by atoms with Crippen molar-refractivity contribution in [3.05, 3.63) is 27.7 Å². The van der Waals surface area contributed by atoms with Gasteiger partial charge >= 0.3 is 5.97 Å². The molecule has 1 aromatic rings. The van der Waals surface area contributed by atoms with E-state index in [0.717, 1.165) is 0 Å². The molecule has 0 aliphatic rings. The Labute approximate surface area is 96.2 Å². The molecule has 1 atom stereocenters. The maximum Gasteiger partial charge on any atom is 0.320 e. The molecule has 0 fully saturated rings. The predicted octanol–water partition coefficient (Wildman–Crippen LogP) is 1.65. The smallest absolute Gasteiger partial charge is 0.320 e. The summed E-state index contributed by atoms with van der Waals surface area (Å²) in [6.45, 7) is 0. The van der Waals surface area contributed by atoms with Crippen LogP contribution in [0.4, 0.5) is 0 Å². The van der Waals surface area contributed by atoms with Crippen LogP contribution in [-0.2, 0) is 11.2 Å². The monoisotopic (exact) mass is 249 g/mol. The van der Waals surface area contributed by atoms with E-state index in [9.17, 15) is 9.90 Å². The number of hydrogen-bond donors (Lipinski definition) is 3. The average molecular weight is 250 g/mol. The maximum atomic E-state index is 10.5. The van der Waals surface area contributed by atoms with E-state index in [1.807, 2.05) is 0 Å². The van der Waals surface area contributed by atoms with Crippen molar-refractivity contribution in [2.75, 3.05) is 0 Å². The first-order chi connectivity index (χ1) is 6.93. The number of hydrogen-bond acceptors (Lipinski definition) is 3. The van der Waals surface area contributed by atoms with Gasteiger partial charge in [-0.3, -0.25) is 4.79 Å². The normalized spacial score (nSPS) is 12.5. The Morgan fingerprint density at radius 3 is 2.60 bits per heavy atom. The van der Waals surface area contributed by atoms with Gasteiger partial charge in [0.1, 0.15) is 6.04 Å². The summed E-state index contributed by atoms with van der Waals surface area (Å²) in [7, 11) is 0. The minimum atomic E-state index is -1.12. The van der Waals surface area contributed by atoms with Crippen molar-refractivity contribution in [3.63, 3.8) is 0 Å². The van der Waals surface area contributed by atoms with Crippen LogP contribution in [0.3, 0.4) is 0 Å². The Morgan fingerprint density at radius 2 is 2.07 bits per heavy atom. The molecule has 0 spiro atoms. The van der Waals surface area contributed by atoms with Crippen LogP contribution in [0.2, 0.25) is 10.0 Å². The second-order valence-corrected chi connectivity index (χ2v) is 3.80. The van der Waals surface area contributed by atoms with Gasteiger partial charge in [0.25, 0.3) is 0 Å². The SMILES string of the molecule is NC(Cc1ccc(Cl)c(O)c1Cl)C(=O)O. The van der Waals surface area contributed by atoms with Crippen LogP contribution in [0.5, 0.6) is 5.75 Å². The zero-order valence-electron chi connectivity index (χ0n) is 7.58. The molecule has 6 heteroatoms. The van der Waals surface area contributed by atoms with E-state index in [-0.39, 0.29) is 22.2 Å². The van der Waals surface area contributed by atoms with Gasteiger partial charge in [0.2, 0.25) is 0 Å². The number of rotatable bonds is 3. The first-order valence-corrected chi connectivity index (χ1v) is 4.83. The van der Waals surface area contributed by atoms with Crippen LogP contribution in [-0.4, -0.2) is 22.2 Å². The van der Waals surface area contributed by atoms with E-state index in [1.165, 1.54) is 12.1 Å². The summed E-state index contributed by atoms with van der Waals surface area (Å²) in [5.41, 5.74) is 5.79. The molecule has 0 aliphatic carbocycles. The number of benzene rings is 1. The predicted molar refractivity (Wildman–Crippen MR) is 57.4 cm³/mol. The highest BCUT2D eigenvalue weighted by molar-refractivity contribution is 6.37. The van der Waals surface area contributed by atoms with E-state index in [2.05, 4.69) is 0 Å². The van der Waals surface area contributed by atoms with Crippen LogP contribution in [0.15, 0.2) is 12.1 Å². The van der Waals surface area contributed by atoms with Gasteiger partial charge in [-0.15, -0.1) is 0 Å². The highest BCUT2D eigenvalue weighted by atomic mass is 35.5. The number of phenolic OH excluding ortho intramolecular Hbond substituents is 1. The Bertz CT molecular complexity index is 395. The molecular weight excluding hydrogens is 241 g/mol. The second kappa shape index (κ2) is 4.70. The van der Waals surface area contributed by atoms with E-state index in [0.29, 0.717) is 5.56 Å². The molecule has 0 bridgehead atoms. The molecule has 82 valence electrons. The molecule has 4 N–H and O–H groups in total. The van der Waals surface area contributed by atoms with E-state index in [4.69, 9.17) is 34.0 Å². The molecule has 0 aliphatic heterocycles. The summed E-state index contributed by atoms with van der Waals surface area (Å²) < 4.78 is 0. The Morgan fingerprint density at radius 1 is 1.47 bits per heavy atom. The minimum absolute atomic E-state index is 0.0406. The highest BCUT2D eigenvalue weighted by Crippen LogP contribution is 2.34. The number of aliphatic carboxylic acids is 1. The molecule has 0 saturated carbocycles. The molecular formula is C9H9Cl2NO3. The molecule has 1 aromatic carbocycles. The van der Waals surface area contributed by atoms with E-state index < -0.39 is 12.0 Å². The van der Waals surface area contributed by atoms with Crippen molar-refractivity contribution in [3.8, 4) is 5.75 Å². The van der Waals surface area contributed by atoms with Crippen LogP contribution >= 0.6 is 23.2 Å². The van der Waals surface area contributed by atoms with Gasteiger partial charge < -0.3 is 15.9 Å². The van der Waals surface area contributed by atoms with Gasteiger partial charge in [0.15, 0.2) is 5.75 Å². The number of halogens is 2. The van der Waals surface area contributed by atoms with Crippen LogP contribution < -0.4 is 5.73 Å². The molecule has 0 aromatic heterocycles. The van der Waals surface area contributed by atoms with Crippen molar-refractivity contribution in [2.24, 2.45) is 5.73 Å². The topological polar surface area (TPSA) is 83.5 Å². The number of carboxylic acids is 1. The number of nitrogens with two attached hydrogens (primary N) is 1. The Hall–Kier alpha value is -0.970. The van der Waals surface area contributed by atoms with Crippen LogP contribution in [0.1, 0.15) is 5.56 Å². The number of carboxylic acid groups (broad SMARTS) is 1. The summed E-state index contributed by atoms with van der Waals surface area (Å²) in [5.74, 6) is -1.38. The summed E-state index contributed by atoms with van der Waals surface area (Å²) in [6, 6.07) is 1.92. The lowest BCUT2D eigenvalue weighted by Gasteiger charge is -2.09. The minimum Gasteiger partial charge on any atom is -0.505 e. The third kappa shape index (κ3) is 2.75. The Kier molecular flexibility index (Phi) is 3.79. The quantitative estimate of drug-likeness (QED) is 0.761. The Balaban J connectivity index is 2.97. The zero-order valence-corrected chi connectivity index (χ0v) is 9.09. The fraction of sp³-hybridized carbons (Fsp3) is 0.222. The van der Waals surface area contributed by atoms with Crippen LogP contribution in [0, 0.1) is 0 Å². The number of carbonyl (C=O) groups is 1. The van der Waals surface area contributed by atoms with Crippen molar-refractivity contribution >= 4 is 29.2 Å². The second-order valence-electron chi connectivity index (χ2n) is 3.02. The third-order valence-electron chi connectivity index (χ3n) is 1.90. The molecule has 0 saturated heterocycles. The first-order valence-electron chi connectivity index (χ1n) is 4.07. The lowest BCUT2D eigenvalue weighted by Crippen LogP contribution is -2.32. The molecule has 1 unspecified atom stereocenters. The fourth-order valence-electron chi connectivity index (χ4n) is 1.06. The summed E-state index contributed by atoms with van der Waals surface area (Å²) >= 11 is 11.4. The van der Waals surface area contributed by atoms with Crippen molar-refractivity contribution in [2.45, 2.75) is 12.5 Å². The lowest BCUT2D eigenvalue weighted by atomic mass is 10.1. The van der Waals surface area contributed by atoms with Crippen molar-refractivity contribution in [1.29, 1.82) is 0 Å². The van der Waals surface area contributed by atoms with Crippen LogP contribution in [0.25, 0.3) is 0 Å². The number of aromatic hydroxyl groups is 1. The first kappa shape index (κ1) is 12.1.